The number of imidazole rings is 1. The van der Waals surface area contributed by atoms with Gasteiger partial charge < -0.3 is 24.0 Å². The second-order valence-corrected chi connectivity index (χ2v) is 6.70. The van der Waals surface area contributed by atoms with Crippen LogP contribution in [0.3, 0.4) is 0 Å². The Labute approximate surface area is 150 Å². The summed E-state index contributed by atoms with van der Waals surface area (Å²) < 4.78 is 12.5. The number of ether oxygens (including phenoxy) is 2. The fourth-order valence-corrected chi connectivity index (χ4v) is 3.79. The molecule has 0 aliphatic carbocycles. The molecule has 1 aromatic heterocycles. The third kappa shape index (κ3) is 2.75. The number of hydrogen-bond donors (Lipinski definition) is 1. The molecule has 2 aliphatic heterocycles. The van der Waals surface area contributed by atoms with E-state index in [0.29, 0.717) is 39.1 Å². The number of aromatic nitrogens is 2. The first-order valence-electron chi connectivity index (χ1n) is 8.76. The van der Waals surface area contributed by atoms with Gasteiger partial charge in [-0.05, 0) is 25.0 Å². The van der Waals surface area contributed by atoms with Crippen LogP contribution in [0, 0.1) is 0 Å². The van der Waals surface area contributed by atoms with Crippen LogP contribution in [0.15, 0.2) is 30.6 Å². The van der Waals surface area contributed by atoms with Gasteiger partial charge >= 0.3 is 5.97 Å². The van der Waals surface area contributed by atoms with Crippen molar-refractivity contribution in [1.29, 1.82) is 0 Å². The third-order valence-electron chi connectivity index (χ3n) is 5.31. The van der Waals surface area contributed by atoms with Gasteiger partial charge in [0.2, 0.25) is 0 Å². The van der Waals surface area contributed by atoms with Gasteiger partial charge in [-0.25, -0.2) is 9.78 Å². The fourth-order valence-electron chi connectivity index (χ4n) is 3.79. The highest BCUT2D eigenvalue weighted by atomic mass is 16.6. The van der Waals surface area contributed by atoms with Crippen molar-refractivity contribution in [2.24, 2.45) is 0 Å². The summed E-state index contributed by atoms with van der Waals surface area (Å²) in [5.74, 6) is -1.02. The Morgan fingerprint density at radius 3 is 2.65 bits per heavy atom. The highest BCUT2D eigenvalue weighted by molar-refractivity contribution is 5.84. The van der Waals surface area contributed by atoms with Gasteiger partial charge in [-0.1, -0.05) is 12.1 Å². The zero-order valence-corrected chi connectivity index (χ0v) is 14.3. The van der Waals surface area contributed by atoms with Gasteiger partial charge in [-0.2, -0.15) is 0 Å². The van der Waals surface area contributed by atoms with Crippen molar-refractivity contribution >= 4 is 22.9 Å². The van der Waals surface area contributed by atoms with E-state index in [1.54, 1.807) is 15.8 Å². The average Bonchev–Trinajstić information content (AvgIpc) is 3.12. The number of carbonyl (C=O) groups excluding carboxylic acids is 1. The monoisotopic (exact) mass is 359 g/mol. The van der Waals surface area contributed by atoms with Crippen molar-refractivity contribution in [3.05, 3.63) is 30.6 Å². The summed E-state index contributed by atoms with van der Waals surface area (Å²) in [6.07, 6.45) is 1.65. The third-order valence-corrected chi connectivity index (χ3v) is 5.31. The van der Waals surface area contributed by atoms with E-state index in [9.17, 15) is 14.7 Å². The molecule has 0 spiro atoms. The number of rotatable bonds is 3. The highest BCUT2D eigenvalue weighted by Crippen LogP contribution is 2.34. The van der Waals surface area contributed by atoms with E-state index in [2.05, 4.69) is 4.98 Å². The summed E-state index contributed by atoms with van der Waals surface area (Å²) in [6.45, 7) is 1.88. The molecule has 26 heavy (non-hydrogen) atoms. The molecule has 0 bridgehead atoms. The number of amides is 1. The number of nitrogens with zero attached hydrogens (tertiary/aromatic N) is 3. The van der Waals surface area contributed by atoms with Crippen molar-refractivity contribution < 1.29 is 24.2 Å². The molecule has 138 valence electrons. The number of para-hydroxylation sites is 2. The molecule has 2 saturated heterocycles. The van der Waals surface area contributed by atoms with Crippen LogP contribution in [0.1, 0.15) is 12.8 Å². The molecule has 2 aliphatic rings. The van der Waals surface area contributed by atoms with Crippen LogP contribution in [0.4, 0.5) is 0 Å². The summed E-state index contributed by atoms with van der Waals surface area (Å²) in [5, 5.41) is 10.00. The van der Waals surface area contributed by atoms with E-state index in [0.717, 1.165) is 11.0 Å². The Bertz CT molecular complexity index is 819. The van der Waals surface area contributed by atoms with Crippen LogP contribution in [-0.4, -0.2) is 70.4 Å². The maximum absolute atomic E-state index is 12.6. The molecule has 0 unspecified atom stereocenters. The number of carboxylic acids is 1. The second kappa shape index (κ2) is 6.69. The Morgan fingerprint density at radius 2 is 1.96 bits per heavy atom. The second-order valence-electron chi connectivity index (χ2n) is 6.70. The number of likely N-dealkylation sites (tertiary alicyclic amines) is 1. The van der Waals surface area contributed by atoms with Crippen LogP contribution >= 0.6 is 0 Å². The lowest BCUT2D eigenvalue weighted by molar-refractivity contribution is -0.163. The van der Waals surface area contributed by atoms with Crippen LogP contribution < -0.4 is 0 Å². The Balaban J connectivity index is 1.56. The summed E-state index contributed by atoms with van der Waals surface area (Å²) in [5.41, 5.74) is 0.453. The van der Waals surface area contributed by atoms with E-state index in [4.69, 9.17) is 9.47 Å². The number of piperidine rings is 1. The fraction of sp³-hybridized carbons (Fsp3) is 0.500. The molecule has 1 amide bonds. The number of hydrogen-bond acceptors (Lipinski definition) is 5. The lowest BCUT2D eigenvalue weighted by Gasteiger charge is -2.41. The molecule has 2 aromatic rings. The first-order chi connectivity index (χ1) is 12.6. The van der Waals surface area contributed by atoms with Crippen molar-refractivity contribution in [3.63, 3.8) is 0 Å². The summed E-state index contributed by atoms with van der Waals surface area (Å²) in [7, 11) is 0. The van der Waals surface area contributed by atoms with Gasteiger partial charge in [0.05, 0.1) is 37.2 Å². The smallest absolute Gasteiger partial charge is 0.330 e. The predicted molar refractivity (Wildman–Crippen MR) is 91.7 cm³/mol. The first kappa shape index (κ1) is 17.0. The normalized spacial score (nSPS) is 23.1. The van der Waals surface area contributed by atoms with Crippen LogP contribution in [0.25, 0.3) is 11.0 Å². The van der Waals surface area contributed by atoms with Crippen molar-refractivity contribution in [1.82, 2.24) is 14.5 Å². The van der Waals surface area contributed by atoms with Crippen molar-refractivity contribution in [3.8, 4) is 0 Å². The van der Waals surface area contributed by atoms with Crippen molar-refractivity contribution in [2.75, 3.05) is 32.9 Å². The number of aliphatic carboxylic acids is 1. The first-order valence-corrected chi connectivity index (χ1v) is 8.76. The molecule has 2 fully saturated rings. The molecular weight excluding hydrogens is 338 g/mol. The maximum Gasteiger partial charge on any atom is 0.330 e. The van der Waals surface area contributed by atoms with E-state index in [1.807, 2.05) is 24.3 Å². The topological polar surface area (TPSA) is 93.9 Å². The molecule has 4 rings (SSSR count). The van der Waals surface area contributed by atoms with Crippen LogP contribution in [-0.2, 0) is 24.6 Å². The van der Waals surface area contributed by atoms with Gasteiger partial charge in [-0.15, -0.1) is 0 Å². The van der Waals surface area contributed by atoms with Crippen LogP contribution in [0.2, 0.25) is 0 Å². The molecule has 0 radical (unpaired) electrons. The Kier molecular flexibility index (Phi) is 4.37. The number of fused-ring (bicyclic) bond motifs is 1. The molecule has 1 aromatic carbocycles. The molecule has 1 N–H and O–H groups in total. The SMILES string of the molecule is O=C([C@@H]1COCCO1)N1CCC(C(=O)O)(n2cnc3ccccc32)CC1. The molecule has 8 nitrogen and oxygen atoms in total. The van der Waals surface area contributed by atoms with E-state index < -0.39 is 17.6 Å². The van der Waals surface area contributed by atoms with Gasteiger partial charge in [0.25, 0.3) is 5.91 Å². The van der Waals surface area contributed by atoms with E-state index >= 15 is 0 Å². The largest absolute Gasteiger partial charge is 0.479 e. The number of carbonyl (C=O) groups is 2. The van der Waals surface area contributed by atoms with Crippen molar-refractivity contribution in [2.45, 2.75) is 24.5 Å². The standard InChI is InChI=1S/C18H21N3O5/c22-16(15-11-25-9-10-26-15)20-7-5-18(6-8-20,17(23)24)21-12-19-13-3-1-2-4-14(13)21/h1-4,12,15H,5-11H2,(H,23,24)/t15-/m0/s1. The van der Waals surface area contributed by atoms with Gasteiger partial charge in [-0.3, -0.25) is 4.79 Å². The summed E-state index contributed by atoms with van der Waals surface area (Å²) >= 11 is 0. The van der Waals surface area contributed by atoms with E-state index in [1.165, 1.54) is 0 Å². The average molecular weight is 359 g/mol. The minimum Gasteiger partial charge on any atom is -0.479 e. The van der Waals surface area contributed by atoms with E-state index in [-0.39, 0.29) is 12.5 Å². The lowest BCUT2D eigenvalue weighted by Crippen LogP contribution is -2.55. The zero-order valence-electron chi connectivity index (χ0n) is 14.3. The minimum atomic E-state index is -1.10. The molecule has 3 heterocycles. The van der Waals surface area contributed by atoms with Gasteiger partial charge in [0.1, 0.15) is 5.54 Å². The van der Waals surface area contributed by atoms with Gasteiger partial charge in [0.15, 0.2) is 6.10 Å². The highest BCUT2D eigenvalue weighted by Gasteiger charge is 2.45. The maximum atomic E-state index is 12.6. The number of benzene rings is 1. The van der Waals surface area contributed by atoms with Gasteiger partial charge in [0, 0.05) is 13.1 Å². The molecular formula is C18H21N3O5. The van der Waals surface area contributed by atoms with Crippen LogP contribution in [0.5, 0.6) is 0 Å². The number of carboxylic acid groups (broad SMARTS) is 1. The Hall–Kier alpha value is -2.45. The lowest BCUT2D eigenvalue weighted by atomic mass is 9.86. The molecule has 1 atom stereocenters. The molecule has 8 heteroatoms. The summed E-state index contributed by atoms with van der Waals surface area (Å²) in [4.78, 5) is 30.8. The Morgan fingerprint density at radius 1 is 1.19 bits per heavy atom. The quantitative estimate of drug-likeness (QED) is 0.873. The minimum absolute atomic E-state index is 0.126. The predicted octanol–water partition coefficient (Wildman–Crippen LogP) is 0.854. The summed E-state index contributed by atoms with van der Waals surface area (Å²) in [6, 6.07) is 7.48. The molecule has 0 saturated carbocycles. The zero-order chi connectivity index (χ0) is 18.1.